The van der Waals surface area contributed by atoms with E-state index in [1.54, 1.807) is 7.11 Å². The van der Waals surface area contributed by atoms with Crippen molar-refractivity contribution in [3.63, 3.8) is 0 Å². The van der Waals surface area contributed by atoms with Gasteiger partial charge in [-0.1, -0.05) is 6.07 Å². The highest BCUT2D eigenvalue weighted by atomic mass is 127. The van der Waals surface area contributed by atoms with Gasteiger partial charge in [0.2, 0.25) is 5.88 Å². The minimum atomic E-state index is 0.698. The Hall–Kier alpha value is -0.400. The maximum atomic E-state index is 5.12. The van der Waals surface area contributed by atoms with Gasteiger partial charge in [0, 0.05) is 67.3 Å². The van der Waals surface area contributed by atoms with E-state index in [0.29, 0.717) is 5.88 Å². The highest BCUT2D eigenvalue weighted by molar-refractivity contribution is 14.1. The summed E-state index contributed by atoms with van der Waals surface area (Å²) in [4.78, 5) is 6.89. The third-order valence-corrected chi connectivity index (χ3v) is 4.06. The standard InChI is InChI=1S/C12H18IN3O/c1-10-11(3-4-12(14-10)17-2)9-15-5-7-16(13)8-6-15/h3-4H,5-9H2,1-2H3. The normalized spacial score (nSPS) is 18.3. The van der Waals surface area contributed by atoms with Gasteiger partial charge in [-0.3, -0.25) is 4.90 Å². The average molecular weight is 347 g/mol. The van der Waals surface area contributed by atoms with Crippen LogP contribution < -0.4 is 4.74 Å². The fraction of sp³-hybridized carbons (Fsp3) is 0.583. The summed E-state index contributed by atoms with van der Waals surface area (Å²) in [5.74, 6) is 0.698. The summed E-state index contributed by atoms with van der Waals surface area (Å²) >= 11 is 2.39. The fourth-order valence-electron chi connectivity index (χ4n) is 1.97. The Morgan fingerprint density at radius 2 is 2.00 bits per heavy atom. The average Bonchev–Trinajstić information content (AvgIpc) is 2.34. The van der Waals surface area contributed by atoms with Crippen LogP contribution in [-0.4, -0.2) is 46.3 Å². The summed E-state index contributed by atoms with van der Waals surface area (Å²) in [6, 6.07) is 4.06. The van der Waals surface area contributed by atoms with E-state index < -0.39 is 0 Å². The molecule has 1 saturated heterocycles. The van der Waals surface area contributed by atoms with Crippen molar-refractivity contribution in [2.45, 2.75) is 13.5 Å². The lowest BCUT2D eigenvalue weighted by Gasteiger charge is -2.31. The lowest BCUT2D eigenvalue weighted by Crippen LogP contribution is -2.41. The molecular weight excluding hydrogens is 329 g/mol. The molecule has 1 aromatic heterocycles. The molecule has 4 nitrogen and oxygen atoms in total. The van der Waals surface area contributed by atoms with Crippen LogP contribution in [0.3, 0.4) is 0 Å². The molecular formula is C12H18IN3O. The molecule has 94 valence electrons. The summed E-state index contributed by atoms with van der Waals surface area (Å²) < 4.78 is 7.46. The zero-order valence-electron chi connectivity index (χ0n) is 10.3. The van der Waals surface area contributed by atoms with E-state index in [-0.39, 0.29) is 0 Å². The second-order valence-electron chi connectivity index (χ2n) is 4.28. The van der Waals surface area contributed by atoms with Gasteiger partial charge in [-0.05, 0) is 12.5 Å². The van der Waals surface area contributed by atoms with Gasteiger partial charge in [-0.25, -0.2) is 8.10 Å². The first-order chi connectivity index (χ1) is 8.19. The molecule has 0 amide bonds. The number of nitrogens with zero attached hydrogens (tertiary/aromatic N) is 3. The minimum Gasteiger partial charge on any atom is -0.481 e. The van der Waals surface area contributed by atoms with E-state index in [2.05, 4.69) is 41.9 Å². The number of methoxy groups -OCH3 is 1. The third-order valence-electron chi connectivity index (χ3n) is 3.09. The quantitative estimate of drug-likeness (QED) is 0.617. The van der Waals surface area contributed by atoms with E-state index in [4.69, 9.17) is 4.74 Å². The Morgan fingerprint density at radius 1 is 1.29 bits per heavy atom. The number of hydrogen-bond acceptors (Lipinski definition) is 4. The molecule has 1 aliphatic rings. The zero-order valence-corrected chi connectivity index (χ0v) is 12.5. The maximum absolute atomic E-state index is 5.12. The van der Waals surface area contributed by atoms with E-state index >= 15 is 0 Å². The lowest BCUT2D eigenvalue weighted by molar-refractivity contribution is 0.198. The number of aryl methyl sites for hydroxylation is 1. The van der Waals surface area contributed by atoms with Crippen LogP contribution >= 0.6 is 22.9 Å². The highest BCUT2D eigenvalue weighted by Gasteiger charge is 2.15. The Balaban J connectivity index is 1.99. The molecule has 1 aromatic rings. The van der Waals surface area contributed by atoms with Crippen LogP contribution in [0.15, 0.2) is 12.1 Å². The van der Waals surface area contributed by atoms with Gasteiger partial charge in [0.1, 0.15) is 0 Å². The molecule has 2 rings (SSSR count). The molecule has 0 N–H and O–H groups in total. The lowest BCUT2D eigenvalue weighted by atomic mass is 10.2. The van der Waals surface area contributed by atoms with Gasteiger partial charge in [0.25, 0.3) is 0 Å². The van der Waals surface area contributed by atoms with Crippen molar-refractivity contribution in [1.82, 2.24) is 13.0 Å². The molecule has 0 atom stereocenters. The summed E-state index contributed by atoms with van der Waals surface area (Å²) in [6.45, 7) is 7.59. The SMILES string of the molecule is COc1ccc(CN2CCN(I)CC2)c(C)n1. The monoisotopic (exact) mass is 347 g/mol. The number of ether oxygens (including phenoxy) is 1. The molecule has 1 fully saturated rings. The molecule has 0 aliphatic carbocycles. The van der Waals surface area contributed by atoms with Crippen LogP contribution in [0.1, 0.15) is 11.3 Å². The third kappa shape index (κ3) is 3.53. The van der Waals surface area contributed by atoms with Crippen molar-refractivity contribution in [3.8, 4) is 5.88 Å². The first kappa shape index (κ1) is 13.0. The number of rotatable bonds is 3. The van der Waals surface area contributed by atoms with Gasteiger partial charge in [0.05, 0.1) is 7.11 Å². The molecule has 0 spiro atoms. The molecule has 0 bridgehead atoms. The topological polar surface area (TPSA) is 28.6 Å². The van der Waals surface area contributed by atoms with Crippen LogP contribution in [0.2, 0.25) is 0 Å². The van der Waals surface area contributed by atoms with Crippen molar-refractivity contribution in [1.29, 1.82) is 0 Å². The van der Waals surface area contributed by atoms with E-state index in [1.807, 2.05) is 13.0 Å². The Kier molecular flexibility index (Phi) is 4.58. The first-order valence-electron chi connectivity index (χ1n) is 5.82. The molecule has 5 heteroatoms. The van der Waals surface area contributed by atoms with Crippen molar-refractivity contribution < 1.29 is 4.74 Å². The van der Waals surface area contributed by atoms with Crippen molar-refractivity contribution in [3.05, 3.63) is 23.4 Å². The smallest absolute Gasteiger partial charge is 0.213 e. The summed E-state index contributed by atoms with van der Waals surface area (Å²) in [5.41, 5.74) is 2.37. The molecule has 17 heavy (non-hydrogen) atoms. The fourth-order valence-corrected chi connectivity index (χ4v) is 2.40. The second kappa shape index (κ2) is 5.97. The number of aromatic nitrogens is 1. The van der Waals surface area contributed by atoms with Crippen LogP contribution in [-0.2, 0) is 6.54 Å². The first-order valence-corrected chi connectivity index (χ1v) is 6.79. The van der Waals surface area contributed by atoms with Crippen LogP contribution in [0, 0.1) is 6.92 Å². The number of pyridine rings is 1. The Bertz CT molecular complexity index is 378. The molecule has 0 radical (unpaired) electrons. The highest BCUT2D eigenvalue weighted by Crippen LogP contribution is 2.15. The van der Waals surface area contributed by atoms with Crippen LogP contribution in [0.25, 0.3) is 0 Å². The Morgan fingerprint density at radius 3 is 2.59 bits per heavy atom. The summed E-state index contributed by atoms with van der Waals surface area (Å²) in [5, 5.41) is 0. The molecule has 2 heterocycles. The predicted octanol–water partition coefficient (Wildman–Crippen LogP) is 1.87. The molecule has 0 aromatic carbocycles. The summed E-state index contributed by atoms with van der Waals surface area (Å²) in [7, 11) is 1.65. The van der Waals surface area contributed by atoms with Gasteiger partial charge in [-0.2, -0.15) is 0 Å². The zero-order chi connectivity index (χ0) is 12.3. The van der Waals surface area contributed by atoms with Gasteiger partial charge in [0.15, 0.2) is 0 Å². The van der Waals surface area contributed by atoms with Gasteiger partial charge >= 0.3 is 0 Å². The van der Waals surface area contributed by atoms with Crippen molar-refractivity contribution in [2.24, 2.45) is 0 Å². The predicted molar refractivity (Wildman–Crippen MR) is 76.4 cm³/mol. The summed E-state index contributed by atoms with van der Waals surface area (Å²) in [6.07, 6.45) is 0. The number of halogens is 1. The van der Waals surface area contributed by atoms with E-state index in [1.165, 1.54) is 5.56 Å². The van der Waals surface area contributed by atoms with E-state index in [9.17, 15) is 0 Å². The number of hydrogen-bond donors (Lipinski definition) is 0. The van der Waals surface area contributed by atoms with Crippen molar-refractivity contribution in [2.75, 3.05) is 33.3 Å². The minimum absolute atomic E-state index is 0.698. The second-order valence-corrected chi connectivity index (χ2v) is 5.65. The van der Waals surface area contributed by atoms with Gasteiger partial charge < -0.3 is 4.74 Å². The van der Waals surface area contributed by atoms with Crippen LogP contribution in [0.5, 0.6) is 5.88 Å². The largest absolute Gasteiger partial charge is 0.481 e. The van der Waals surface area contributed by atoms with Crippen LogP contribution in [0.4, 0.5) is 0 Å². The number of piperazine rings is 1. The van der Waals surface area contributed by atoms with Crippen molar-refractivity contribution >= 4 is 22.9 Å². The van der Waals surface area contributed by atoms with E-state index in [0.717, 1.165) is 38.4 Å². The maximum Gasteiger partial charge on any atom is 0.213 e. The molecule has 0 saturated carbocycles. The van der Waals surface area contributed by atoms with Gasteiger partial charge in [-0.15, -0.1) is 0 Å². The Labute approximate surface area is 116 Å². The molecule has 0 unspecified atom stereocenters. The molecule has 1 aliphatic heterocycles.